The monoisotopic (exact) mass is 1850 g/mol. The van der Waals surface area contributed by atoms with E-state index in [4.69, 9.17) is 70.9 Å². The summed E-state index contributed by atoms with van der Waals surface area (Å²) in [6.45, 7) is 12.1. The number of para-hydroxylation sites is 1. The summed E-state index contributed by atoms with van der Waals surface area (Å²) in [4.78, 5) is 101. The third-order valence-corrected chi connectivity index (χ3v) is 21.6. The fourth-order valence-corrected chi connectivity index (χ4v) is 13.2. The molecule has 2 aliphatic rings. The first-order valence-electron chi connectivity index (χ1n) is 41.3. The summed E-state index contributed by atoms with van der Waals surface area (Å²) in [5, 5.41) is 35.0. The van der Waals surface area contributed by atoms with Crippen molar-refractivity contribution in [3.8, 4) is 0 Å². The Kier molecular flexibility index (Phi) is 45.4. The number of Topliss-reactive ketones (excluding diaryl/α,β-unsaturated/α-hetero) is 2. The van der Waals surface area contributed by atoms with Gasteiger partial charge in [-0.1, -0.05) is 329 Å². The van der Waals surface area contributed by atoms with E-state index in [0.29, 0.717) is 74.9 Å². The number of rotatable bonds is 20. The van der Waals surface area contributed by atoms with Crippen molar-refractivity contribution in [2.75, 3.05) is 11.5 Å². The molecule has 8 N–H and O–H groups in total. The molecular formula is C107H105Cl5N2O14S. The number of carboxylic acid groups (broad SMARTS) is 4. The molecule has 0 radical (unpaired) electrons. The highest BCUT2D eigenvalue weighted by Gasteiger charge is 2.28. The smallest absolute Gasteiger partial charge is 0.310 e. The molecular weight excluding hydrogens is 1750 g/mol. The lowest BCUT2D eigenvalue weighted by Gasteiger charge is -2.12. The van der Waals surface area contributed by atoms with Gasteiger partial charge < -0.3 is 31.9 Å². The number of nitrogen functional groups attached to an aromatic ring is 2. The minimum absolute atomic E-state index is 0.0794. The Morgan fingerprint density at radius 3 is 1.00 bits per heavy atom. The Hall–Kier alpha value is -12.7. The normalized spacial score (nSPS) is 13.2. The van der Waals surface area contributed by atoms with Gasteiger partial charge in [0.25, 0.3) is 0 Å². The van der Waals surface area contributed by atoms with Gasteiger partial charge in [0.05, 0.1) is 23.7 Å². The van der Waals surface area contributed by atoms with Gasteiger partial charge in [-0.2, -0.15) is 0 Å². The number of fused-ring (bicyclic) bond motifs is 2. The molecule has 0 fully saturated rings. The Morgan fingerprint density at radius 2 is 0.651 bits per heavy atom. The zero-order valence-corrected chi connectivity index (χ0v) is 77.1. The van der Waals surface area contributed by atoms with Crippen LogP contribution in [0.2, 0.25) is 0 Å². The summed E-state index contributed by atoms with van der Waals surface area (Å²) < 4.78 is 9.09. The fraction of sp³-hybridized carbons (Fsp3) is 0.187. The van der Waals surface area contributed by atoms with E-state index in [0.717, 1.165) is 41.6 Å². The molecule has 129 heavy (non-hydrogen) atoms. The SMILES string of the molecule is CC(C(=O)O)c1cc(Cc2ccccc2)ccc1N.CC(C(=O)O)c1cccc(C(=O)c2ccccc2)c1.CC(C(=O)O)c1cccc(C(=O)c2ccccc2)c1.CC(C(=O)O)c1cccc(Cc2ccccc2)c1.CC(Cl)C(=O)Cl.CC1C(=O)Cc2ccc(Cc3ccccc3)cc21.CC1C(=O)Cc2ccccc21.ClCc1ccccc1.Nc1ccccc1.O=S(Cl)Cl. The van der Waals surface area contributed by atoms with E-state index in [2.05, 4.69) is 88.1 Å². The van der Waals surface area contributed by atoms with Crippen LogP contribution in [0.1, 0.15) is 199 Å². The Balaban J connectivity index is 0.000000227. The minimum Gasteiger partial charge on any atom is -0.481 e. The van der Waals surface area contributed by atoms with Gasteiger partial charge in [0, 0.05) is 85.6 Å². The molecule has 0 saturated carbocycles. The standard InChI is InChI=1S/C17H16O.C16H17NO2.2C16H14O3.C16H16O2.C10H10O.C7H7Cl.C6H7N.C3H4Cl2O.Cl2OS/c1-12-16-10-14(7-8-15(16)11-17(12)18)9-13-5-3-2-4-6-13;1-11(16(18)19)14-10-13(7-8-15(14)17)9-12-5-3-2-4-6-12;2*1-11(16(18)19)13-8-5-9-14(10-13)15(17)12-6-3-2-4-7-12;1-12(16(17)18)15-9-5-8-14(11-15)10-13-6-3-2-4-7-13;1-7-9-5-3-2-4-8(9)6-10(7)11;8-6-7-4-2-1-3-5-7;7-6-4-2-1-3-5-6;1-2(4)3(5)6;1-4(2)3/h2-8,10,12H,9,11H2,1H3;2-8,10-11H,9,17H2,1H3,(H,18,19);2*2-11H,1H3,(H,18,19);2-9,11-12H,10H2,1H3,(H,17,18);2-5,7H,6H2,1H3;1-5H,6H2;1-5H,7H2;2H,1H3;. The predicted octanol–water partition coefficient (Wildman–Crippen LogP) is 24.3. The van der Waals surface area contributed by atoms with E-state index >= 15 is 0 Å². The molecule has 0 amide bonds. The summed E-state index contributed by atoms with van der Waals surface area (Å²) >= 11 is 15.5. The van der Waals surface area contributed by atoms with Crippen LogP contribution in [0.4, 0.5) is 11.4 Å². The number of halogens is 5. The second-order valence-electron chi connectivity index (χ2n) is 30.2. The van der Waals surface area contributed by atoms with E-state index < -0.39 is 67.4 Å². The summed E-state index contributed by atoms with van der Waals surface area (Å²) in [5.74, 6) is -4.40. The number of ketones is 4. The number of benzene rings is 13. The molecule has 0 saturated heterocycles. The van der Waals surface area contributed by atoms with Crippen LogP contribution in [0.3, 0.4) is 0 Å². The van der Waals surface area contributed by atoms with Crippen LogP contribution in [-0.2, 0) is 80.8 Å². The second-order valence-corrected chi connectivity index (χ2v) is 34.0. The van der Waals surface area contributed by atoms with Gasteiger partial charge in [0.2, 0.25) is 14.5 Å². The van der Waals surface area contributed by atoms with Gasteiger partial charge in [-0.05, 0) is 179 Å². The molecule has 0 aliphatic heterocycles. The molecule has 22 heteroatoms. The zero-order valence-electron chi connectivity index (χ0n) is 72.5. The number of aliphatic carboxylic acids is 4. The molecule has 0 spiro atoms. The van der Waals surface area contributed by atoms with Gasteiger partial charge in [0.1, 0.15) is 16.9 Å². The zero-order chi connectivity index (χ0) is 94.5. The van der Waals surface area contributed by atoms with E-state index in [1.54, 1.807) is 131 Å². The second kappa shape index (κ2) is 55.8. The molecule has 13 aromatic rings. The fourth-order valence-electron chi connectivity index (χ4n) is 13.0. The number of carbonyl (C=O) groups is 9. The maximum absolute atomic E-state index is 12.2. The Morgan fingerprint density at radius 1 is 0.357 bits per heavy atom. The van der Waals surface area contributed by atoms with Crippen LogP contribution in [0.15, 0.2) is 346 Å². The average Bonchev–Trinajstić information content (AvgIpc) is 1.49. The first-order chi connectivity index (χ1) is 61.6. The number of nitrogens with two attached hydrogens (primary N) is 2. The van der Waals surface area contributed by atoms with Crippen molar-refractivity contribution >= 4 is 129 Å². The van der Waals surface area contributed by atoms with Crippen LogP contribution in [0.25, 0.3) is 0 Å². The van der Waals surface area contributed by atoms with Crippen LogP contribution < -0.4 is 11.5 Å². The third kappa shape index (κ3) is 36.9. The number of hydrogen-bond acceptors (Lipinski definition) is 12. The number of carbonyl (C=O) groups excluding carboxylic acids is 5. The molecule has 0 heterocycles. The Bertz CT molecular complexity index is 5670. The van der Waals surface area contributed by atoms with Crippen molar-refractivity contribution < 1.29 is 67.8 Å². The molecule has 2 aliphatic carbocycles. The minimum atomic E-state index is -1.67. The molecule has 0 aromatic heterocycles. The lowest BCUT2D eigenvalue weighted by atomic mass is 9.95. The van der Waals surface area contributed by atoms with Crippen LogP contribution in [0, 0.1) is 0 Å². The molecule has 7 unspecified atom stereocenters. The van der Waals surface area contributed by atoms with Crippen LogP contribution >= 0.6 is 56.2 Å². The van der Waals surface area contributed by atoms with E-state index in [9.17, 15) is 43.2 Å². The highest BCUT2D eigenvalue weighted by atomic mass is 36.0. The van der Waals surface area contributed by atoms with Crippen LogP contribution in [0.5, 0.6) is 0 Å². The maximum Gasteiger partial charge on any atom is 0.310 e. The van der Waals surface area contributed by atoms with Crippen LogP contribution in [-0.4, -0.2) is 82.3 Å². The lowest BCUT2D eigenvalue weighted by molar-refractivity contribution is -0.139. The summed E-state index contributed by atoms with van der Waals surface area (Å²) in [6, 6.07) is 110. The van der Waals surface area contributed by atoms with Crippen molar-refractivity contribution in [3.05, 3.63) is 451 Å². The van der Waals surface area contributed by atoms with Crippen molar-refractivity contribution in [1.82, 2.24) is 0 Å². The number of hydrogen-bond donors (Lipinski definition) is 6. The van der Waals surface area contributed by atoms with Gasteiger partial charge in [-0.25, -0.2) is 4.21 Å². The number of carboxylic acids is 4. The topological polar surface area (TPSA) is 304 Å². The maximum atomic E-state index is 12.2. The van der Waals surface area contributed by atoms with Gasteiger partial charge in [0.15, 0.2) is 11.6 Å². The molecule has 0 bridgehead atoms. The quantitative estimate of drug-likeness (QED) is 0.0179. The molecule has 16 nitrogen and oxygen atoms in total. The van der Waals surface area contributed by atoms with Gasteiger partial charge >= 0.3 is 23.9 Å². The summed E-state index contributed by atoms with van der Waals surface area (Å²) in [5.41, 5.74) is 30.9. The molecule has 15 rings (SSSR count). The van der Waals surface area contributed by atoms with Gasteiger partial charge in [-0.3, -0.25) is 43.2 Å². The van der Waals surface area contributed by atoms with E-state index in [1.807, 2.05) is 190 Å². The Labute approximate surface area is 781 Å². The molecule has 7 atom stereocenters. The summed E-state index contributed by atoms with van der Waals surface area (Å²) in [6.07, 6.45) is 3.80. The van der Waals surface area contributed by atoms with Crippen molar-refractivity contribution in [2.24, 2.45) is 0 Å². The van der Waals surface area contributed by atoms with Gasteiger partial charge in [-0.15, -0.1) is 23.2 Å². The largest absolute Gasteiger partial charge is 0.481 e. The van der Waals surface area contributed by atoms with E-state index in [1.165, 1.54) is 57.0 Å². The first-order valence-corrected chi connectivity index (χ1v) is 45.4. The highest BCUT2D eigenvalue weighted by Crippen LogP contribution is 2.33. The summed E-state index contributed by atoms with van der Waals surface area (Å²) in [7, 11) is 7.36. The average molecular weight is 1850 g/mol. The third-order valence-electron chi connectivity index (χ3n) is 20.7. The van der Waals surface area contributed by atoms with E-state index in [-0.39, 0.29) is 23.4 Å². The molecule has 668 valence electrons. The lowest BCUT2D eigenvalue weighted by Crippen LogP contribution is -2.10. The highest BCUT2D eigenvalue weighted by molar-refractivity contribution is 8.26. The van der Waals surface area contributed by atoms with Crippen molar-refractivity contribution in [1.29, 1.82) is 0 Å². The van der Waals surface area contributed by atoms with Crippen molar-refractivity contribution in [2.45, 2.75) is 127 Å². The van der Waals surface area contributed by atoms with Crippen molar-refractivity contribution in [3.63, 3.8) is 0 Å². The number of anilines is 2. The number of alkyl halides is 2. The predicted molar refractivity (Wildman–Crippen MR) is 522 cm³/mol. The first kappa shape index (κ1) is 105. The molecule has 13 aromatic carbocycles.